The average Bonchev–Trinajstić information content (AvgIpc) is 2.29. The van der Waals surface area contributed by atoms with Crippen LogP contribution in [0.3, 0.4) is 0 Å². The zero-order valence-electron chi connectivity index (χ0n) is 9.38. The second kappa shape index (κ2) is 10.5. The summed E-state index contributed by atoms with van der Waals surface area (Å²) in [6.07, 6.45) is 5.17. The highest BCUT2D eigenvalue weighted by Crippen LogP contribution is 2.17. The van der Waals surface area contributed by atoms with Crippen LogP contribution in [0.5, 0.6) is 0 Å². The lowest BCUT2D eigenvalue weighted by molar-refractivity contribution is -0.109. The van der Waals surface area contributed by atoms with Gasteiger partial charge in [-0.3, -0.25) is 4.79 Å². The number of hydrogen-bond acceptors (Lipinski definition) is 2. The van der Waals surface area contributed by atoms with Gasteiger partial charge >= 0.3 is 0 Å². The fourth-order valence-corrected chi connectivity index (χ4v) is 1.40. The van der Waals surface area contributed by atoms with E-state index in [1.54, 1.807) is 0 Å². The highest BCUT2D eigenvalue weighted by Gasteiger charge is 2.12. The van der Waals surface area contributed by atoms with Gasteiger partial charge in [0.25, 0.3) is 0 Å². The minimum atomic E-state index is -0.239. The molecule has 0 bridgehead atoms. The molecule has 1 amide bonds. The van der Waals surface area contributed by atoms with Crippen molar-refractivity contribution in [1.82, 2.24) is 10.6 Å². The molecule has 0 heterocycles. The van der Waals surface area contributed by atoms with E-state index in [1.165, 1.54) is 17.8 Å². The van der Waals surface area contributed by atoms with Crippen LogP contribution in [0, 0.1) is 5.92 Å². The number of carbonyl (C=O) groups excluding carboxylic acids is 1. The molecule has 0 saturated heterocycles. The molecule has 0 rings (SSSR count). The zero-order chi connectivity index (χ0) is 12.2. The van der Waals surface area contributed by atoms with Gasteiger partial charge in [0, 0.05) is 30.7 Å². The molecular weight excluding hydrogens is 231 g/mol. The maximum atomic E-state index is 13.6. The van der Waals surface area contributed by atoms with Gasteiger partial charge in [0.2, 0.25) is 6.41 Å². The largest absolute Gasteiger partial charge is 0.387 e. The van der Waals surface area contributed by atoms with Crippen LogP contribution >= 0.6 is 11.6 Å². The van der Waals surface area contributed by atoms with E-state index >= 15 is 0 Å². The predicted octanol–water partition coefficient (Wildman–Crippen LogP) is 2.30. The molecule has 0 aromatic carbocycles. The normalized spacial score (nSPS) is 13.8. The number of rotatable bonds is 9. The highest BCUT2D eigenvalue weighted by atomic mass is 35.5. The van der Waals surface area contributed by atoms with E-state index in [0.29, 0.717) is 25.9 Å². The van der Waals surface area contributed by atoms with E-state index in [9.17, 15) is 9.18 Å². The molecule has 0 aliphatic rings. The Labute approximate surface area is 101 Å². The fourth-order valence-electron chi connectivity index (χ4n) is 1.31. The van der Waals surface area contributed by atoms with Crippen LogP contribution < -0.4 is 10.6 Å². The van der Waals surface area contributed by atoms with E-state index in [-0.39, 0.29) is 11.7 Å². The minimum absolute atomic E-state index is 0.202. The molecule has 0 aromatic rings. The summed E-state index contributed by atoms with van der Waals surface area (Å²) in [5.41, 5.74) is 1.32. The van der Waals surface area contributed by atoms with Gasteiger partial charge < -0.3 is 10.6 Å². The van der Waals surface area contributed by atoms with Gasteiger partial charge in [0.05, 0.1) is 0 Å². The van der Waals surface area contributed by atoms with E-state index in [1.807, 2.05) is 6.92 Å². The summed E-state index contributed by atoms with van der Waals surface area (Å²) < 4.78 is 13.6. The maximum Gasteiger partial charge on any atom is 0.207 e. The van der Waals surface area contributed by atoms with Crippen molar-refractivity contribution in [2.24, 2.45) is 5.92 Å². The first-order chi connectivity index (χ1) is 7.76. The van der Waals surface area contributed by atoms with E-state index in [2.05, 4.69) is 10.6 Å². The monoisotopic (exact) mass is 248 g/mol. The minimum Gasteiger partial charge on any atom is -0.387 e. The van der Waals surface area contributed by atoms with Gasteiger partial charge in [-0.1, -0.05) is 24.9 Å². The van der Waals surface area contributed by atoms with Crippen molar-refractivity contribution >= 4 is 18.0 Å². The molecule has 92 valence electrons. The summed E-state index contributed by atoms with van der Waals surface area (Å²) in [7, 11) is 0. The molecular formula is C11H18ClFN2O. The first kappa shape index (κ1) is 15.0. The summed E-state index contributed by atoms with van der Waals surface area (Å²) in [6, 6.07) is 0. The molecule has 0 aliphatic heterocycles. The first-order valence-corrected chi connectivity index (χ1v) is 5.71. The smallest absolute Gasteiger partial charge is 0.207 e. The third-order valence-electron chi connectivity index (χ3n) is 2.07. The molecule has 1 atom stereocenters. The predicted molar refractivity (Wildman–Crippen MR) is 64.7 cm³/mol. The van der Waals surface area contributed by atoms with Crippen LogP contribution in [0.2, 0.25) is 0 Å². The Morgan fingerprint density at radius 1 is 1.50 bits per heavy atom. The molecule has 0 spiro atoms. The summed E-state index contributed by atoms with van der Waals surface area (Å²) in [6.45, 7) is 2.71. The number of hydrogen-bond donors (Lipinski definition) is 2. The summed E-state index contributed by atoms with van der Waals surface area (Å²) in [4.78, 5) is 10.1. The van der Waals surface area contributed by atoms with Crippen molar-refractivity contribution in [3.05, 3.63) is 23.6 Å². The molecule has 0 saturated carbocycles. The van der Waals surface area contributed by atoms with Crippen molar-refractivity contribution in [1.29, 1.82) is 0 Å². The summed E-state index contributed by atoms with van der Waals surface area (Å²) in [5.74, 6) is -0.441. The SMILES string of the molecule is CCCC(CNC=O)/C(F)=C\CN/C=C/Cl. The van der Waals surface area contributed by atoms with Crippen LogP contribution in [-0.2, 0) is 4.79 Å². The maximum absolute atomic E-state index is 13.6. The number of nitrogens with one attached hydrogen (secondary N) is 2. The second-order valence-corrected chi connectivity index (χ2v) is 3.55. The first-order valence-electron chi connectivity index (χ1n) is 5.27. The quantitative estimate of drug-likeness (QED) is 0.486. The van der Waals surface area contributed by atoms with Crippen molar-refractivity contribution in [2.75, 3.05) is 13.1 Å². The number of amides is 1. The van der Waals surface area contributed by atoms with Crippen LogP contribution in [0.4, 0.5) is 4.39 Å². The third-order valence-corrected chi connectivity index (χ3v) is 2.20. The molecule has 16 heavy (non-hydrogen) atoms. The molecule has 0 radical (unpaired) electrons. The van der Waals surface area contributed by atoms with E-state index in [4.69, 9.17) is 11.6 Å². The Balaban J connectivity index is 4.11. The Bertz CT molecular complexity index is 244. The van der Waals surface area contributed by atoms with Crippen LogP contribution in [0.25, 0.3) is 0 Å². The van der Waals surface area contributed by atoms with Crippen molar-refractivity contribution in [2.45, 2.75) is 19.8 Å². The van der Waals surface area contributed by atoms with Gasteiger partial charge in [-0.05, 0) is 12.5 Å². The zero-order valence-corrected chi connectivity index (χ0v) is 10.1. The molecule has 0 aromatic heterocycles. The Hall–Kier alpha value is -1.03. The number of carbonyl (C=O) groups is 1. The molecule has 2 N–H and O–H groups in total. The molecule has 0 aliphatic carbocycles. The Morgan fingerprint density at radius 2 is 2.25 bits per heavy atom. The Morgan fingerprint density at radius 3 is 2.81 bits per heavy atom. The van der Waals surface area contributed by atoms with Crippen LogP contribution in [0.15, 0.2) is 23.6 Å². The lowest BCUT2D eigenvalue weighted by Gasteiger charge is -2.13. The van der Waals surface area contributed by atoms with Gasteiger partial charge in [0.15, 0.2) is 0 Å². The number of halogens is 2. The molecule has 3 nitrogen and oxygen atoms in total. The second-order valence-electron chi connectivity index (χ2n) is 3.30. The van der Waals surface area contributed by atoms with Gasteiger partial charge in [-0.15, -0.1) is 0 Å². The van der Waals surface area contributed by atoms with E-state index < -0.39 is 0 Å². The van der Waals surface area contributed by atoms with Crippen LogP contribution in [-0.4, -0.2) is 19.5 Å². The van der Waals surface area contributed by atoms with Gasteiger partial charge in [-0.25, -0.2) is 4.39 Å². The summed E-state index contributed by atoms with van der Waals surface area (Å²) >= 11 is 5.29. The van der Waals surface area contributed by atoms with Gasteiger partial charge in [0.1, 0.15) is 5.83 Å². The average molecular weight is 249 g/mol. The standard InChI is InChI=1S/C11H18ClFN2O/c1-2-3-10(8-15-9-16)11(13)4-6-14-7-5-12/h4-5,7,9-10,14H,2-3,6,8H2,1H3,(H,15,16)/b7-5+,11-4+. The van der Waals surface area contributed by atoms with Gasteiger partial charge in [-0.2, -0.15) is 0 Å². The van der Waals surface area contributed by atoms with Crippen LogP contribution in [0.1, 0.15) is 19.8 Å². The molecule has 0 fully saturated rings. The van der Waals surface area contributed by atoms with Crippen molar-refractivity contribution in [3.63, 3.8) is 0 Å². The Kier molecular flexibility index (Phi) is 9.81. The molecule has 5 heteroatoms. The summed E-state index contributed by atoms with van der Waals surface area (Å²) in [5, 5.41) is 5.30. The highest BCUT2D eigenvalue weighted by molar-refractivity contribution is 6.25. The lowest BCUT2D eigenvalue weighted by atomic mass is 10.0. The van der Waals surface area contributed by atoms with Crippen molar-refractivity contribution < 1.29 is 9.18 Å². The van der Waals surface area contributed by atoms with E-state index in [0.717, 1.165) is 6.42 Å². The topological polar surface area (TPSA) is 41.1 Å². The lowest BCUT2D eigenvalue weighted by Crippen LogP contribution is -2.22. The molecule has 1 unspecified atom stereocenters. The third kappa shape index (κ3) is 7.29. The fraction of sp³-hybridized carbons (Fsp3) is 0.545. The van der Waals surface area contributed by atoms with Crippen molar-refractivity contribution in [3.8, 4) is 0 Å².